The molecule has 0 atom stereocenters. The summed E-state index contributed by atoms with van der Waals surface area (Å²) in [5.41, 5.74) is 0. The Morgan fingerprint density at radius 3 is 2.57 bits per heavy atom. The zero-order valence-corrected chi connectivity index (χ0v) is 19.4. The maximum atomic E-state index is 11.8. The van der Waals surface area contributed by atoms with E-state index < -0.39 is 0 Å². The number of nitrogens with one attached hydrogen (secondary N) is 2. The van der Waals surface area contributed by atoms with Crippen LogP contribution in [0.15, 0.2) is 27.8 Å². The Bertz CT molecular complexity index is 556. The summed E-state index contributed by atoms with van der Waals surface area (Å²) in [5, 5.41) is 6.52. The van der Waals surface area contributed by atoms with E-state index in [0.717, 1.165) is 12.2 Å². The molecule has 0 aromatic carbocycles. The number of ether oxygens (including phenoxy) is 1. The van der Waals surface area contributed by atoms with Gasteiger partial charge in [0, 0.05) is 33.6 Å². The van der Waals surface area contributed by atoms with Crippen LogP contribution in [0, 0.1) is 0 Å². The molecule has 1 aromatic rings. The lowest BCUT2D eigenvalue weighted by Gasteiger charge is -2.17. The van der Waals surface area contributed by atoms with Gasteiger partial charge in [0.1, 0.15) is 12.3 Å². The van der Waals surface area contributed by atoms with Crippen LogP contribution in [0.1, 0.15) is 44.3 Å². The highest BCUT2D eigenvalue weighted by atomic mass is 127. The number of likely N-dealkylation sites (N-methyl/N-ethyl adjacent to an activating group) is 1. The minimum absolute atomic E-state index is 0. The normalized spacial score (nSPS) is 15.4. The van der Waals surface area contributed by atoms with Crippen molar-refractivity contribution in [3.63, 3.8) is 0 Å². The zero-order chi connectivity index (χ0) is 19.3. The van der Waals surface area contributed by atoms with E-state index in [-0.39, 0.29) is 36.4 Å². The number of guanidine groups is 1. The number of amides is 1. The van der Waals surface area contributed by atoms with Crippen LogP contribution in [0.2, 0.25) is 0 Å². The number of furan rings is 1. The Morgan fingerprint density at radius 1 is 1.21 bits per heavy atom. The van der Waals surface area contributed by atoms with Gasteiger partial charge in [0.05, 0.1) is 19.0 Å². The first-order chi connectivity index (χ1) is 13.1. The van der Waals surface area contributed by atoms with Crippen molar-refractivity contribution < 1.29 is 13.9 Å². The van der Waals surface area contributed by atoms with Gasteiger partial charge in [0.25, 0.3) is 0 Å². The minimum Gasteiger partial charge on any atom is -0.469 e. The number of aliphatic imine (C=N–C) groups is 1. The summed E-state index contributed by atoms with van der Waals surface area (Å²) in [4.78, 5) is 17.7. The van der Waals surface area contributed by atoms with Gasteiger partial charge in [-0.15, -0.1) is 24.0 Å². The van der Waals surface area contributed by atoms with Crippen molar-refractivity contribution in [2.24, 2.45) is 4.99 Å². The van der Waals surface area contributed by atoms with Crippen LogP contribution in [0.25, 0.3) is 0 Å². The molecule has 1 aliphatic carbocycles. The maximum Gasteiger partial charge on any atom is 0.243 e. The van der Waals surface area contributed by atoms with E-state index in [1.165, 1.54) is 38.5 Å². The summed E-state index contributed by atoms with van der Waals surface area (Å²) < 4.78 is 11.3. The van der Waals surface area contributed by atoms with Gasteiger partial charge in [-0.1, -0.05) is 25.7 Å². The summed E-state index contributed by atoms with van der Waals surface area (Å²) >= 11 is 0. The van der Waals surface area contributed by atoms with Gasteiger partial charge in [-0.25, -0.2) is 4.99 Å². The van der Waals surface area contributed by atoms with Crippen LogP contribution < -0.4 is 10.6 Å². The Hall–Kier alpha value is -1.29. The Kier molecular flexibility index (Phi) is 13.0. The van der Waals surface area contributed by atoms with Crippen molar-refractivity contribution in [1.29, 1.82) is 0 Å². The summed E-state index contributed by atoms with van der Waals surface area (Å²) in [5.74, 6) is 1.51. The lowest BCUT2D eigenvalue weighted by molar-refractivity contribution is -0.127. The molecule has 7 nitrogen and oxygen atoms in total. The third-order valence-corrected chi connectivity index (χ3v) is 4.67. The predicted octanol–water partition coefficient (Wildman–Crippen LogP) is 2.80. The summed E-state index contributed by atoms with van der Waals surface area (Å²) in [7, 11) is 3.46. The maximum absolute atomic E-state index is 11.8. The average molecular weight is 506 g/mol. The van der Waals surface area contributed by atoms with Gasteiger partial charge in [0.2, 0.25) is 5.91 Å². The number of carbonyl (C=O) groups excluding carboxylic acids is 1. The largest absolute Gasteiger partial charge is 0.469 e. The summed E-state index contributed by atoms with van der Waals surface area (Å²) in [6, 6.07) is 3.82. The third-order valence-electron chi connectivity index (χ3n) is 4.67. The molecular formula is C20H35IN4O3. The molecule has 8 heteroatoms. The Morgan fingerprint density at radius 2 is 1.93 bits per heavy atom. The third kappa shape index (κ3) is 10.3. The van der Waals surface area contributed by atoms with Crippen LogP contribution >= 0.6 is 24.0 Å². The van der Waals surface area contributed by atoms with Crippen LogP contribution in [0.4, 0.5) is 0 Å². The van der Waals surface area contributed by atoms with E-state index in [1.54, 1.807) is 25.3 Å². The number of hydrogen-bond donors (Lipinski definition) is 2. The SMILES string of the molecule is CN(C)C(=O)CN=C(NCCOC1CCCCCC1)NCCc1ccco1.I. The molecule has 2 rings (SSSR count). The minimum atomic E-state index is -0.0307. The smallest absolute Gasteiger partial charge is 0.243 e. The summed E-state index contributed by atoms with van der Waals surface area (Å²) in [6.45, 7) is 2.11. The van der Waals surface area contributed by atoms with E-state index in [9.17, 15) is 4.79 Å². The van der Waals surface area contributed by atoms with E-state index in [2.05, 4.69) is 15.6 Å². The second-order valence-electron chi connectivity index (χ2n) is 7.12. The first-order valence-corrected chi connectivity index (χ1v) is 10.0. The lowest BCUT2D eigenvalue weighted by atomic mass is 10.1. The van der Waals surface area contributed by atoms with E-state index in [4.69, 9.17) is 9.15 Å². The van der Waals surface area contributed by atoms with Gasteiger partial charge in [-0.2, -0.15) is 0 Å². The van der Waals surface area contributed by atoms with Crippen LogP contribution in [-0.2, 0) is 16.0 Å². The highest BCUT2D eigenvalue weighted by Crippen LogP contribution is 2.19. The lowest BCUT2D eigenvalue weighted by Crippen LogP contribution is -2.41. The predicted molar refractivity (Wildman–Crippen MR) is 122 cm³/mol. The highest BCUT2D eigenvalue weighted by molar-refractivity contribution is 14.0. The molecule has 0 saturated heterocycles. The number of halogens is 1. The van der Waals surface area contributed by atoms with Gasteiger partial charge in [-0.05, 0) is 25.0 Å². The topological polar surface area (TPSA) is 79.1 Å². The Balaban J connectivity index is 0.00000392. The highest BCUT2D eigenvalue weighted by Gasteiger charge is 2.12. The number of rotatable bonds is 9. The molecule has 0 aliphatic heterocycles. The monoisotopic (exact) mass is 506 g/mol. The molecule has 1 fully saturated rings. The molecular weight excluding hydrogens is 471 g/mol. The van der Waals surface area contributed by atoms with E-state index >= 15 is 0 Å². The molecule has 0 spiro atoms. The van der Waals surface area contributed by atoms with E-state index in [1.807, 2.05) is 12.1 Å². The molecule has 1 aliphatic rings. The zero-order valence-electron chi connectivity index (χ0n) is 17.1. The molecule has 1 amide bonds. The Labute approximate surface area is 185 Å². The van der Waals surface area contributed by atoms with Crippen molar-refractivity contribution in [1.82, 2.24) is 15.5 Å². The second-order valence-corrected chi connectivity index (χ2v) is 7.12. The molecule has 160 valence electrons. The van der Waals surface area contributed by atoms with Gasteiger partial charge in [-0.3, -0.25) is 4.79 Å². The molecule has 1 saturated carbocycles. The van der Waals surface area contributed by atoms with Gasteiger partial charge in [0.15, 0.2) is 5.96 Å². The summed E-state index contributed by atoms with van der Waals surface area (Å²) in [6.07, 6.45) is 10.3. The fourth-order valence-corrected chi connectivity index (χ4v) is 3.02. The fraction of sp³-hybridized carbons (Fsp3) is 0.700. The number of carbonyl (C=O) groups is 1. The molecule has 0 bridgehead atoms. The van der Waals surface area contributed by atoms with Gasteiger partial charge >= 0.3 is 0 Å². The van der Waals surface area contributed by atoms with Crippen molar-refractivity contribution in [2.75, 3.05) is 40.3 Å². The quantitative estimate of drug-likeness (QED) is 0.177. The van der Waals surface area contributed by atoms with E-state index in [0.29, 0.717) is 31.8 Å². The van der Waals surface area contributed by atoms with Crippen molar-refractivity contribution in [2.45, 2.75) is 51.0 Å². The van der Waals surface area contributed by atoms with Crippen LogP contribution in [-0.4, -0.2) is 63.2 Å². The first-order valence-electron chi connectivity index (χ1n) is 10.0. The average Bonchev–Trinajstić information content (AvgIpc) is 3.04. The van der Waals surface area contributed by atoms with Crippen molar-refractivity contribution in [3.8, 4) is 0 Å². The first kappa shape index (κ1) is 24.7. The number of hydrogen-bond acceptors (Lipinski definition) is 4. The number of nitrogens with zero attached hydrogens (tertiary/aromatic N) is 2. The van der Waals surface area contributed by atoms with Crippen molar-refractivity contribution in [3.05, 3.63) is 24.2 Å². The molecule has 1 aromatic heterocycles. The second kappa shape index (κ2) is 14.7. The molecule has 0 radical (unpaired) electrons. The van der Waals surface area contributed by atoms with Crippen molar-refractivity contribution >= 4 is 35.8 Å². The standard InChI is InChI=1S/C20H34N4O3.HI/c1-24(2)19(25)16-23-20(21-12-11-18-10-7-14-26-18)22-13-15-27-17-8-5-3-4-6-9-17;/h7,10,14,17H,3-6,8-9,11-13,15-16H2,1-2H3,(H2,21,22,23);1H. The molecule has 28 heavy (non-hydrogen) atoms. The van der Waals surface area contributed by atoms with Gasteiger partial charge < -0.3 is 24.7 Å². The molecule has 2 N–H and O–H groups in total. The molecule has 0 unspecified atom stereocenters. The fourth-order valence-electron chi connectivity index (χ4n) is 3.02. The van der Waals surface area contributed by atoms with Crippen LogP contribution in [0.5, 0.6) is 0 Å². The van der Waals surface area contributed by atoms with Crippen LogP contribution in [0.3, 0.4) is 0 Å². The molecule has 1 heterocycles.